The molecule has 23 heavy (non-hydrogen) atoms. The largest absolute Gasteiger partial charge is 0.504 e. The van der Waals surface area contributed by atoms with E-state index in [9.17, 15) is 28.2 Å². The minimum absolute atomic E-state index is 0.0807. The number of para-hydroxylation sites is 1. The number of thiol groups is 1. The molecular weight excluding hydrogens is 364 g/mol. The zero-order chi connectivity index (χ0) is 17.1. The van der Waals surface area contributed by atoms with Gasteiger partial charge >= 0.3 is 0 Å². The Bertz CT molecular complexity index is 794. The van der Waals surface area contributed by atoms with Crippen LogP contribution in [0.15, 0.2) is 23.1 Å². The fraction of sp³-hybridized carbons (Fsp3) is 0.0833. The van der Waals surface area contributed by atoms with Crippen molar-refractivity contribution in [1.82, 2.24) is 9.62 Å². The normalized spacial score (nSPS) is 16.4. The lowest BCUT2D eigenvalue weighted by Gasteiger charge is -2.12. The molecule has 122 valence electrons. The van der Waals surface area contributed by atoms with E-state index in [1.807, 2.05) is 0 Å². The van der Waals surface area contributed by atoms with E-state index >= 15 is 0 Å². The van der Waals surface area contributed by atoms with Crippen LogP contribution in [0.2, 0.25) is 0 Å². The van der Waals surface area contributed by atoms with Crippen molar-refractivity contribution in [3.63, 3.8) is 0 Å². The van der Waals surface area contributed by atoms with E-state index in [1.54, 1.807) is 4.72 Å². The molecule has 3 N–H and O–H groups in total. The molecular formula is C12H10N2O6S3. The third kappa shape index (κ3) is 4.00. The van der Waals surface area contributed by atoms with Gasteiger partial charge in [0.15, 0.2) is 11.5 Å². The highest BCUT2D eigenvalue weighted by atomic mass is 32.2. The van der Waals surface area contributed by atoms with Gasteiger partial charge in [0.2, 0.25) is 10.9 Å². The second-order valence-electron chi connectivity index (χ2n) is 4.27. The number of aromatic hydroxyl groups is 2. The first kappa shape index (κ1) is 17.2. The molecule has 0 radical (unpaired) electrons. The molecule has 1 fully saturated rings. The Hall–Kier alpha value is -2.11. The van der Waals surface area contributed by atoms with Gasteiger partial charge < -0.3 is 10.2 Å². The van der Waals surface area contributed by atoms with Gasteiger partial charge in [-0.2, -0.15) is 0 Å². The molecule has 0 atom stereocenters. The van der Waals surface area contributed by atoms with E-state index in [0.717, 1.165) is 16.7 Å². The Labute approximate surface area is 141 Å². The van der Waals surface area contributed by atoms with Crippen LogP contribution in [0.25, 0.3) is 6.08 Å². The van der Waals surface area contributed by atoms with Crippen molar-refractivity contribution in [3.8, 4) is 11.5 Å². The quantitative estimate of drug-likeness (QED) is 0.250. The minimum Gasteiger partial charge on any atom is -0.504 e. The van der Waals surface area contributed by atoms with Crippen LogP contribution >= 0.6 is 24.0 Å². The number of carbonyl (C=O) groups is 2. The average Bonchev–Trinajstić information content (AvgIpc) is 2.71. The van der Waals surface area contributed by atoms with Gasteiger partial charge in [0, 0.05) is 5.56 Å². The molecule has 11 heteroatoms. The molecule has 0 unspecified atom stereocenters. The second kappa shape index (κ2) is 6.98. The van der Waals surface area contributed by atoms with Gasteiger partial charge in [-0.05, 0) is 12.1 Å². The van der Waals surface area contributed by atoms with Crippen LogP contribution in [-0.2, 0) is 20.5 Å². The summed E-state index contributed by atoms with van der Waals surface area (Å²) >= 11 is 5.88. The molecule has 0 spiro atoms. The summed E-state index contributed by atoms with van der Waals surface area (Å²) in [5.74, 6) is -2.22. The Morgan fingerprint density at radius 3 is 2.74 bits per heavy atom. The summed E-state index contributed by atoms with van der Waals surface area (Å²) in [5.41, 5.74) is 0.206. The number of phenols is 2. The molecule has 1 heterocycles. The van der Waals surface area contributed by atoms with Gasteiger partial charge in [0.1, 0.15) is 10.9 Å². The van der Waals surface area contributed by atoms with Gasteiger partial charge in [0.05, 0.1) is 4.91 Å². The summed E-state index contributed by atoms with van der Waals surface area (Å²) in [4.78, 5) is 24.7. The van der Waals surface area contributed by atoms with Crippen LogP contribution in [-0.4, -0.2) is 46.2 Å². The minimum atomic E-state index is -3.11. The first-order valence-electron chi connectivity index (χ1n) is 5.99. The van der Waals surface area contributed by atoms with Crippen LogP contribution in [0.1, 0.15) is 5.56 Å². The van der Waals surface area contributed by atoms with Crippen LogP contribution in [0.5, 0.6) is 11.5 Å². The molecule has 8 nitrogen and oxygen atoms in total. The monoisotopic (exact) mass is 374 g/mol. The van der Waals surface area contributed by atoms with E-state index in [2.05, 4.69) is 0 Å². The predicted molar refractivity (Wildman–Crippen MR) is 88.1 cm³/mol. The molecule has 1 aromatic rings. The Balaban J connectivity index is 2.22. The van der Waals surface area contributed by atoms with Crippen LogP contribution < -0.4 is 4.72 Å². The molecule has 1 aliphatic heterocycles. The van der Waals surface area contributed by atoms with Crippen molar-refractivity contribution in [2.45, 2.75) is 0 Å². The lowest BCUT2D eigenvalue weighted by atomic mass is 10.1. The van der Waals surface area contributed by atoms with E-state index in [4.69, 9.17) is 12.2 Å². The SMILES string of the molecule is O=C(CN1C(=O)/C(=C/c2cccc(O)c2O)SC1=S)N[SH](=O)=O. The number of hydrogen-bond acceptors (Lipinski definition) is 8. The highest BCUT2D eigenvalue weighted by molar-refractivity contribution is 8.26. The fourth-order valence-electron chi connectivity index (χ4n) is 1.72. The lowest BCUT2D eigenvalue weighted by Crippen LogP contribution is -2.38. The molecule has 1 aromatic carbocycles. The Morgan fingerprint density at radius 2 is 2.09 bits per heavy atom. The number of hydrogen-bond donors (Lipinski definition) is 4. The van der Waals surface area contributed by atoms with Crippen molar-refractivity contribution in [3.05, 3.63) is 28.7 Å². The number of amides is 2. The summed E-state index contributed by atoms with van der Waals surface area (Å²) in [6.07, 6.45) is 1.32. The number of nitrogens with zero attached hydrogens (tertiary/aromatic N) is 1. The average molecular weight is 374 g/mol. The number of rotatable bonds is 4. The maximum Gasteiger partial charge on any atom is 0.266 e. The maximum absolute atomic E-state index is 12.2. The van der Waals surface area contributed by atoms with Gasteiger partial charge in [-0.1, -0.05) is 36.1 Å². The highest BCUT2D eigenvalue weighted by Gasteiger charge is 2.33. The number of thioether (sulfide) groups is 1. The highest BCUT2D eigenvalue weighted by Crippen LogP contribution is 2.36. The standard InChI is InChI=1S/C12H10N2O6S3/c15-7-3-1-2-6(10(7)17)4-8-11(18)14(12(21)22-8)5-9(16)13-23(19)20/h1-4,15,17,23H,5H2,(H,13,16,19,20)/b8-4-. The maximum atomic E-state index is 12.2. The van der Waals surface area contributed by atoms with Crippen molar-refractivity contribution in [2.24, 2.45) is 0 Å². The summed E-state index contributed by atoms with van der Waals surface area (Å²) in [7, 11) is -3.11. The summed E-state index contributed by atoms with van der Waals surface area (Å²) in [6.45, 7) is -0.530. The zero-order valence-electron chi connectivity index (χ0n) is 11.3. The molecule has 1 saturated heterocycles. The number of phenolic OH excluding ortho intramolecular Hbond substituents is 2. The van der Waals surface area contributed by atoms with E-state index in [1.165, 1.54) is 24.3 Å². The van der Waals surface area contributed by atoms with Crippen molar-refractivity contribution in [1.29, 1.82) is 0 Å². The zero-order valence-corrected chi connectivity index (χ0v) is 13.8. The van der Waals surface area contributed by atoms with E-state index in [0.29, 0.717) is 0 Å². The molecule has 0 saturated carbocycles. The Kier molecular flexibility index (Phi) is 5.23. The van der Waals surface area contributed by atoms with Gasteiger partial charge in [-0.15, -0.1) is 0 Å². The number of thiocarbonyl (C=S) groups is 1. The van der Waals surface area contributed by atoms with Gasteiger partial charge in [-0.3, -0.25) is 19.2 Å². The van der Waals surface area contributed by atoms with E-state index in [-0.39, 0.29) is 26.3 Å². The molecule has 0 aliphatic carbocycles. The van der Waals surface area contributed by atoms with Crippen molar-refractivity contribution in [2.75, 3.05) is 6.54 Å². The van der Waals surface area contributed by atoms with Gasteiger partial charge in [0.25, 0.3) is 11.8 Å². The predicted octanol–water partition coefficient (Wildman–Crippen LogP) is -0.0584. The van der Waals surface area contributed by atoms with Crippen molar-refractivity contribution >= 4 is 57.1 Å². The molecule has 0 aromatic heterocycles. The van der Waals surface area contributed by atoms with Crippen LogP contribution in [0, 0.1) is 0 Å². The van der Waals surface area contributed by atoms with E-state index < -0.39 is 29.2 Å². The smallest absolute Gasteiger partial charge is 0.266 e. The first-order valence-corrected chi connectivity index (χ1v) is 8.40. The van der Waals surface area contributed by atoms with Crippen molar-refractivity contribution < 1.29 is 28.2 Å². The summed E-state index contributed by atoms with van der Waals surface area (Å²) in [5, 5.41) is 19.2. The van der Waals surface area contributed by atoms with Crippen LogP contribution in [0.3, 0.4) is 0 Å². The first-order chi connectivity index (χ1) is 10.8. The fourth-order valence-corrected chi connectivity index (χ4v) is 3.24. The number of benzene rings is 1. The molecule has 0 bridgehead atoms. The molecule has 2 rings (SSSR count). The number of carbonyl (C=O) groups excluding carboxylic acids is 2. The summed E-state index contributed by atoms with van der Waals surface area (Å²) in [6, 6.07) is 4.25. The van der Waals surface area contributed by atoms with Crippen LogP contribution in [0.4, 0.5) is 0 Å². The topological polar surface area (TPSA) is 124 Å². The second-order valence-corrected chi connectivity index (χ2v) is 6.69. The third-order valence-electron chi connectivity index (χ3n) is 2.72. The molecule has 2 amide bonds. The van der Waals surface area contributed by atoms with Gasteiger partial charge in [-0.25, -0.2) is 8.42 Å². The lowest BCUT2D eigenvalue weighted by molar-refractivity contribution is -0.127. The summed E-state index contributed by atoms with van der Waals surface area (Å²) < 4.78 is 22.6. The number of nitrogens with one attached hydrogen (secondary N) is 1. The Morgan fingerprint density at radius 1 is 1.39 bits per heavy atom. The third-order valence-corrected chi connectivity index (χ3v) is 4.53. The molecule has 1 aliphatic rings.